The van der Waals surface area contributed by atoms with Gasteiger partial charge in [0.25, 0.3) is 5.91 Å². The largest absolute Gasteiger partial charge is 0.410 e. The maximum Gasteiger partial charge on any atom is 0.410 e. The fourth-order valence-electron chi connectivity index (χ4n) is 4.76. The number of anilines is 2. The number of fused-ring (bicyclic) bond motifs is 2. The topological polar surface area (TPSA) is 82.7 Å². The number of carbonyl (C=O) groups excluding carboxylic acids is 1. The first-order valence-electron chi connectivity index (χ1n) is 11.3. The zero-order valence-electron chi connectivity index (χ0n) is 18.9. The van der Waals surface area contributed by atoms with E-state index in [0.29, 0.717) is 27.1 Å². The molecule has 0 saturated heterocycles. The molecule has 3 unspecified atom stereocenters. The number of nitrogens with one attached hydrogen (secondary N) is 2. The third-order valence-electron chi connectivity index (χ3n) is 6.62. The minimum Gasteiger partial charge on any atom is -0.363 e. The molecule has 188 valence electrons. The number of rotatable bonds is 3. The highest BCUT2D eigenvalue weighted by molar-refractivity contribution is 7.16. The van der Waals surface area contributed by atoms with Gasteiger partial charge in [-0.3, -0.25) is 4.79 Å². The van der Waals surface area contributed by atoms with E-state index in [1.807, 2.05) is 0 Å². The summed E-state index contributed by atoms with van der Waals surface area (Å²) in [6.45, 7) is 2.14. The molecular weight excluding hydrogens is 534 g/mol. The Bertz CT molecular complexity index is 1390. The molecule has 1 aromatic carbocycles. The van der Waals surface area contributed by atoms with Crippen LogP contribution < -0.4 is 10.6 Å². The average Bonchev–Trinajstić information content (AvgIpc) is 3.39. The average molecular weight is 554 g/mol. The fourth-order valence-corrected chi connectivity index (χ4v) is 6.42. The summed E-state index contributed by atoms with van der Waals surface area (Å²) in [7, 11) is 0. The molecule has 0 spiro atoms. The summed E-state index contributed by atoms with van der Waals surface area (Å²) in [5.74, 6) is -0.126. The number of aromatic nitrogens is 2. The van der Waals surface area contributed by atoms with Gasteiger partial charge in [-0.2, -0.15) is 23.5 Å². The maximum absolute atomic E-state index is 14.0. The Labute approximate surface area is 219 Å². The van der Waals surface area contributed by atoms with Crippen molar-refractivity contribution in [2.75, 3.05) is 10.6 Å². The van der Waals surface area contributed by atoms with Gasteiger partial charge in [-0.1, -0.05) is 36.2 Å². The molecule has 1 amide bonds. The quantitative estimate of drug-likeness (QED) is 0.360. The van der Waals surface area contributed by atoms with E-state index in [9.17, 15) is 23.2 Å². The van der Waals surface area contributed by atoms with Gasteiger partial charge in [-0.05, 0) is 48.4 Å². The highest BCUT2D eigenvalue weighted by atomic mass is 35.5. The van der Waals surface area contributed by atoms with Gasteiger partial charge in [0, 0.05) is 17.4 Å². The second-order valence-corrected chi connectivity index (χ2v) is 11.1. The van der Waals surface area contributed by atoms with Crippen LogP contribution in [0.1, 0.15) is 63.9 Å². The lowest BCUT2D eigenvalue weighted by molar-refractivity contribution is -0.173. The maximum atomic E-state index is 14.0. The Morgan fingerprint density at radius 3 is 2.78 bits per heavy atom. The highest BCUT2D eigenvalue weighted by Crippen LogP contribution is 2.44. The molecule has 0 fully saturated rings. The number of benzene rings is 1. The van der Waals surface area contributed by atoms with Crippen molar-refractivity contribution in [3.8, 4) is 6.07 Å². The molecule has 3 heterocycles. The Morgan fingerprint density at radius 1 is 1.31 bits per heavy atom. The molecule has 5 rings (SSSR count). The molecule has 0 bridgehead atoms. The van der Waals surface area contributed by atoms with E-state index in [0.717, 1.165) is 34.4 Å². The van der Waals surface area contributed by atoms with Crippen LogP contribution in [0.3, 0.4) is 0 Å². The first kappa shape index (κ1) is 24.9. The normalized spacial score (nSPS) is 21.2. The van der Waals surface area contributed by atoms with Crippen molar-refractivity contribution in [3.05, 3.63) is 61.6 Å². The lowest BCUT2D eigenvalue weighted by atomic mass is 9.89. The van der Waals surface area contributed by atoms with E-state index in [4.69, 9.17) is 23.2 Å². The summed E-state index contributed by atoms with van der Waals surface area (Å²) in [4.78, 5) is 14.1. The fraction of sp³-hybridized carbons (Fsp3) is 0.375. The first-order valence-corrected chi connectivity index (χ1v) is 12.9. The van der Waals surface area contributed by atoms with Crippen molar-refractivity contribution in [2.24, 2.45) is 5.92 Å². The van der Waals surface area contributed by atoms with E-state index in [2.05, 4.69) is 28.7 Å². The van der Waals surface area contributed by atoms with Crippen LogP contribution in [-0.2, 0) is 12.8 Å². The van der Waals surface area contributed by atoms with E-state index in [1.54, 1.807) is 6.07 Å². The van der Waals surface area contributed by atoms with Crippen LogP contribution in [0.15, 0.2) is 24.3 Å². The molecule has 3 atom stereocenters. The summed E-state index contributed by atoms with van der Waals surface area (Å²) in [5, 5.41) is 20.4. The Balaban J connectivity index is 1.45. The highest BCUT2D eigenvalue weighted by Gasteiger charge is 2.47. The summed E-state index contributed by atoms with van der Waals surface area (Å²) < 4.78 is 42.8. The van der Waals surface area contributed by atoms with Crippen LogP contribution in [0.5, 0.6) is 0 Å². The number of nitriles is 1. The van der Waals surface area contributed by atoms with E-state index < -0.39 is 24.2 Å². The predicted molar refractivity (Wildman–Crippen MR) is 133 cm³/mol. The van der Waals surface area contributed by atoms with Crippen LogP contribution in [0.2, 0.25) is 10.0 Å². The predicted octanol–water partition coefficient (Wildman–Crippen LogP) is 7.16. The van der Waals surface area contributed by atoms with E-state index in [1.165, 1.54) is 29.5 Å². The van der Waals surface area contributed by atoms with Crippen LogP contribution in [0.4, 0.5) is 24.0 Å². The van der Waals surface area contributed by atoms with E-state index in [-0.39, 0.29) is 23.0 Å². The molecule has 1 aliphatic carbocycles. The third-order valence-corrected chi connectivity index (χ3v) is 8.53. The van der Waals surface area contributed by atoms with Gasteiger partial charge >= 0.3 is 6.18 Å². The first-order chi connectivity index (χ1) is 17.0. The number of halogens is 5. The molecule has 1 aliphatic heterocycles. The lowest BCUT2D eigenvalue weighted by Gasteiger charge is -2.33. The van der Waals surface area contributed by atoms with Crippen molar-refractivity contribution in [1.29, 1.82) is 5.26 Å². The molecule has 3 aromatic rings. The molecular formula is C24H20Cl2F3N5OS. The Morgan fingerprint density at radius 2 is 2.08 bits per heavy atom. The monoisotopic (exact) mass is 553 g/mol. The molecule has 12 heteroatoms. The van der Waals surface area contributed by atoms with Crippen molar-refractivity contribution in [2.45, 2.75) is 50.9 Å². The molecule has 0 radical (unpaired) electrons. The van der Waals surface area contributed by atoms with Gasteiger partial charge in [-0.15, -0.1) is 11.3 Å². The van der Waals surface area contributed by atoms with Gasteiger partial charge in [0.15, 0.2) is 11.7 Å². The van der Waals surface area contributed by atoms with Gasteiger partial charge < -0.3 is 10.6 Å². The molecule has 2 aromatic heterocycles. The number of thiophene rings is 1. The standard InChI is InChI=1S/C24H20Cl2F3N5OS/c1-11-2-4-13-14(10-30)23(36-19(13)6-11)32-22(35)18-9-21-31-17(12-3-5-15(25)16(26)7-12)8-20(24(27,28)29)34(21)33-18/h3,5,7,9,11,17,20,31H,2,4,6,8H2,1H3,(H,32,35). The molecule has 2 N–H and O–H groups in total. The Hall–Kier alpha value is -2.74. The zero-order chi connectivity index (χ0) is 25.8. The lowest BCUT2D eigenvalue weighted by Crippen LogP contribution is -2.35. The van der Waals surface area contributed by atoms with Gasteiger partial charge in [0.05, 0.1) is 21.7 Å². The summed E-state index contributed by atoms with van der Waals surface area (Å²) in [6, 6.07) is 5.47. The summed E-state index contributed by atoms with van der Waals surface area (Å²) in [6.07, 6.45) is -2.38. The van der Waals surface area contributed by atoms with Gasteiger partial charge in [0.2, 0.25) is 0 Å². The number of carbonyl (C=O) groups is 1. The van der Waals surface area contributed by atoms with Crippen LogP contribution in [0.25, 0.3) is 0 Å². The summed E-state index contributed by atoms with van der Waals surface area (Å²) >= 11 is 13.4. The molecule has 0 saturated carbocycles. The molecule has 6 nitrogen and oxygen atoms in total. The van der Waals surface area contributed by atoms with Crippen molar-refractivity contribution in [1.82, 2.24) is 9.78 Å². The van der Waals surface area contributed by atoms with Gasteiger partial charge in [0.1, 0.15) is 16.9 Å². The second kappa shape index (κ2) is 9.29. The third kappa shape index (κ3) is 4.56. The Kier molecular flexibility index (Phi) is 6.43. The minimum atomic E-state index is -4.59. The zero-order valence-corrected chi connectivity index (χ0v) is 21.2. The number of hydrogen-bond donors (Lipinski definition) is 2. The number of hydrogen-bond acceptors (Lipinski definition) is 5. The van der Waals surface area contributed by atoms with Crippen molar-refractivity contribution < 1.29 is 18.0 Å². The number of nitrogens with zero attached hydrogens (tertiary/aromatic N) is 3. The second-order valence-electron chi connectivity index (χ2n) is 9.14. The van der Waals surface area contributed by atoms with Crippen molar-refractivity contribution in [3.63, 3.8) is 0 Å². The molecule has 2 aliphatic rings. The van der Waals surface area contributed by atoms with E-state index >= 15 is 0 Å². The van der Waals surface area contributed by atoms with Crippen LogP contribution >= 0.6 is 34.5 Å². The van der Waals surface area contributed by atoms with Crippen LogP contribution in [-0.4, -0.2) is 21.9 Å². The van der Waals surface area contributed by atoms with Gasteiger partial charge in [-0.25, -0.2) is 4.68 Å². The number of amides is 1. The van der Waals surface area contributed by atoms with Crippen LogP contribution in [0, 0.1) is 17.2 Å². The smallest absolute Gasteiger partial charge is 0.363 e. The molecule has 36 heavy (non-hydrogen) atoms. The van der Waals surface area contributed by atoms with Crippen molar-refractivity contribution >= 4 is 51.3 Å². The summed E-state index contributed by atoms with van der Waals surface area (Å²) in [5.41, 5.74) is 1.73. The number of alkyl halides is 3. The SMILES string of the molecule is CC1CCc2c(sc(NC(=O)c3cc4n(n3)C(C(F)(F)F)CC(c3ccc(Cl)c(Cl)c3)N4)c2C#N)C1. The minimum absolute atomic E-state index is 0.0598.